The first kappa shape index (κ1) is 12.8. The predicted octanol–water partition coefficient (Wildman–Crippen LogP) is 2.85. The molecule has 1 N–H and O–H groups in total. The zero-order valence-corrected chi connectivity index (χ0v) is 11.2. The Bertz CT molecular complexity index is 527. The smallest absolute Gasteiger partial charge is 0.213 e. The van der Waals surface area contributed by atoms with Crippen LogP contribution in [0.1, 0.15) is 31.3 Å². The summed E-state index contributed by atoms with van der Waals surface area (Å²) in [5, 5.41) is 3.56. The van der Waals surface area contributed by atoms with Crippen LogP contribution in [0.4, 0.5) is 5.82 Å². The van der Waals surface area contributed by atoms with Gasteiger partial charge in [0.25, 0.3) is 0 Å². The Morgan fingerprint density at radius 1 is 1.28 bits per heavy atom. The van der Waals surface area contributed by atoms with E-state index in [0.29, 0.717) is 29.2 Å². The quantitative estimate of drug-likeness (QED) is 0.843. The maximum atomic E-state index is 5.91. The van der Waals surface area contributed by atoms with Crippen molar-refractivity contribution in [2.45, 2.75) is 33.2 Å². The highest BCUT2D eigenvalue weighted by atomic mass is 35.5. The summed E-state index contributed by atoms with van der Waals surface area (Å²) in [7, 11) is 0. The summed E-state index contributed by atoms with van der Waals surface area (Å²) in [6.45, 7) is 4.49. The van der Waals surface area contributed by atoms with Crippen molar-refractivity contribution in [2.24, 2.45) is 0 Å². The second-order valence-corrected chi connectivity index (χ2v) is 4.16. The molecular formula is C12H15ClN4O. The summed E-state index contributed by atoms with van der Waals surface area (Å²) in [6.07, 6.45) is 3.32. The largest absolute Gasteiger partial charge is 0.444 e. The lowest BCUT2D eigenvalue weighted by Crippen LogP contribution is -2.04. The highest BCUT2D eigenvalue weighted by Gasteiger charge is 2.05. The topological polar surface area (TPSA) is 63.8 Å². The highest BCUT2D eigenvalue weighted by molar-refractivity contribution is 6.29. The number of nitrogens with zero attached hydrogens (tertiary/aromatic N) is 3. The summed E-state index contributed by atoms with van der Waals surface area (Å²) in [5.74, 6) is 2.91. The fourth-order valence-corrected chi connectivity index (χ4v) is 1.67. The van der Waals surface area contributed by atoms with Crippen LogP contribution < -0.4 is 5.32 Å². The third kappa shape index (κ3) is 3.20. The van der Waals surface area contributed by atoms with Gasteiger partial charge in [0.2, 0.25) is 5.89 Å². The summed E-state index contributed by atoms with van der Waals surface area (Å²) in [6, 6.07) is 1.68. The Morgan fingerprint density at radius 2 is 2.11 bits per heavy atom. The molecule has 2 heterocycles. The van der Waals surface area contributed by atoms with Gasteiger partial charge >= 0.3 is 0 Å². The number of aryl methyl sites for hydroxylation is 2. The number of rotatable bonds is 5. The molecule has 96 valence electrons. The minimum absolute atomic E-state index is 0.436. The van der Waals surface area contributed by atoms with Crippen molar-refractivity contribution >= 4 is 17.4 Å². The summed E-state index contributed by atoms with van der Waals surface area (Å²) >= 11 is 5.91. The fraction of sp³-hybridized carbons (Fsp3) is 0.417. The number of oxazole rings is 1. The van der Waals surface area contributed by atoms with Crippen LogP contribution >= 0.6 is 11.6 Å². The molecule has 0 amide bonds. The number of anilines is 1. The number of halogens is 1. The molecule has 0 aromatic carbocycles. The third-order valence-corrected chi connectivity index (χ3v) is 2.62. The van der Waals surface area contributed by atoms with Crippen molar-refractivity contribution in [2.75, 3.05) is 5.32 Å². The minimum atomic E-state index is 0.436. The molecule has 6 heteroatoms. The molecular weight excluding hydrogens is 252 g/mol. The Hall–Kier alpha value is -1.62. The molecule has 0 saturated carbocycles. The molecule has 2 rings (SSSR count). The van der Waals surface area contributed by atoms with E-state index in [1.165, 1.54) is 0 Å². The van der Waals surface area contributed by atoms with Gasteiger partial charge in [-0.25, -0.2) is 15.0 Å². The van der Waals surface area contributed by atoms with E-state index in [2.05, 4.69) is 20.3 Å². The zero-order valence-electron chi connectivity index (χ0n) is 10.4. The van der Waals surface area contributed by atoms with E-state index in [4.69, 9.17) is 16.0 Å². The normalized spacial score (nSPS) is 10.6. The number of hydrogen-bond acceptors (Lipinski definition) is 5. The fourth-order valence-electron chi connectivity index (χ4n) is 1.47. The summed E-state index contributed by atoms with van der Waals surface area (Å²) in [4.78, 5) is 12.6. The lowest BCUT2D eigenvalue weighted by atomic mass is 10.4. The Balaban J connectivity index is 2.03. The average Bonchev–Trinajstić information content (AvgIpc) is 2.83. The lowest BCUT2D eigenvalue weighted by molar-refractivity contribution is 0.465. The molecule has 0 bridgehead atoms. The molecule has 18 heavy (non-hydrogen) atoms. The Labute approximate surface area is 111 Å². The molecule has 0 radical (unpaired) electrons. The lowest BCUT2D eigenvalue weighted by Gasteiger charge is -2.05. The number of hydrogen-bond donors (Lipinski definition) is 1. The Kier molecular flexibility index (Phi) is 4.15. The second-order valence-electron chi connectivity index (χ2n) is 3.77. The van der Waals surface area contributed by atoms with E-state index in [9.17, 15) is 0 Å². The van der Waals surface area contributed by atoms with Gasteiger partial charge in [-0.05, 0) is 0 Å². The number of aromatic nitrogens is 3. The van der Waals surface area contributed by atoms with Gasteiger partial charge in [0.15, 0.2) is 0 Å². The molecule has 2 aromatic heterocycles. The van der Waals surface area contributed by atoms with Gasteiger partial charge in [0, 0.05) is 18.9 Å². The van der Waals surface area contributed by atoms with Crippen LogP contribution in [0.2, 0.25) is 5.15 Å². The predicted molar refractivity (Wildman–Crippen MR) is 69.6 cm³/mol. The molecule has 0 unspecified atom stereocenters. The van der Waals surface area contributed by atoms with Gasteiger partial charge in [-0.1, -0.05) is 25.4 Å². The summed E-state index contributed by atoms with van der Waals surface area (Å²) in [5.41, 5.74) is 0. The van der Waals surface area contributed by atoms with Crippen LogP contribution in [0.25, 0.3) is 0 Å². The van der Waals surface area contributed by atoms with Crippen LogP contribution in [-0.2, 0) is 19.4 Å². The van der Waals surface area contributed by atoms with Crippen molar-refractivity contribution in [3.63, 3.8) is 0 Å². The molecule has 0 atom stereocenters. The second kappa shape index (κ2) is 5.82. The van der Waals surface area contributed by atoms with Gasteiger partial charge in [0.1, 0.15) is 22.6 Å². The SMILES string of the molecule is CCc1nc(Cl)cc(NCc2ncc(CC)o2)n1. The monoisotopic (exact) mass is 266 g/mol. The van der Waals surface area contributed by atoms with Gasteiger partial charge in [-0.3, -0.25) is 0 Å². The van der Waals surface area contributed by atoms with Crippen molar-refractivity contribution in [3.05, 3.63) is 34.9 Å². The zero-order chi connectivity index (χ0) is 13.0. The first-order valence-corrected chi connectivity index (χ1v) is 6.30. The molecule has 0 aliphatic carbocycles. The molecule has 0 fully saturated rings. The van der Waals surface area contributed by atoms with Gasteiger partial charge in [-0.15, -0.1) is 0 Å². The molecule has 2 aromatic rings. The highest BCUT2D eigenvalue weighted by Crippen LogP contribution is 2.13. The molecule has 0 spiro atoms. The molecule has 0 aliphatic rings. The van der Waals surface area contributed by atoms with Crippen LogP contribution in [0.15, 0.2) is 16.7 Å². The number of nitrogens with one attached hydrogen (secondary N) is 1. The van der Waals surface area contributed by atoms with E-state index >= 15 is 0 Å². The maximum absolute atomic E-state index is 5.91. The van der Waals surface area contributed by atoms with Crippen molar-refractivity contribution in [3.8, 4) is 0 Å². The standard InChI is InChI=1S/C12H15ClN4O/c1-3-8-6-15-12(18-8)7-14-11-5-9(13)16-10(4-2)17-11/h5-6H,3-4,7H2,1-2H3,(H,14,16,17). The van der Waals surface area contributed by atoms with E-state index in [1.54, 1.807) is 12.3 Å². The first-order valence-electron chi connectivity index (χ1n) is 5.92. The van der Waals surface area contributed by atoms with Gasteiger partial charge < -0.3 is 9.73 Å². The third-order valence-electron chi connectivity index (χ3n) is 2.43. The van der Waals surface area contributed by atoms with Gasteiger partial charge in [0.05, 0.1) is 12.7 Å². The van der Waals surface area contributed by atoms with Crippen LogP contribution in [-0.4, -0.2) is 15.0 Å². The van der Waals surface area contributed by atoms with Crippen molar-refractivity contribution in [1.29, 1.82) is 0 Å². The molecule has 0 saturated heterocycles. The van der Waals surface area contributed by atoms with E-state index in [0.717, 1.165) is 18.6 Å². The Morgan fingerprint density at radius 3 is 2.78 bits per heavy atom. The van der Waals surface area contributed by atoms with Crippen LogP contribution in [0.5, 0.6) is 0 Å². The van der Waals surface area contributed by atoms with E-state index in [1.807, 2.05) is 13.8 Å². The average molecular weight is 267 g/mol. The van der Waals surface area contributed by atoms with Crippen molar-refractivity contribution in [1.82, 2.24) is 15.0 Å². The maximum Gasteiger partial charge on any atom is 0.213 e. The van der Waals surface area contributed by atoms with E-state index in [-0.39, 0.29) is 0 Å². The summed E-state index contributed by atoms with van der Waals surface area (Å²) < 4.78 is 5.49. The first-order chi connectivity index (χ1) is 8.71. The molecule has 0 aliphatic heterocycles. The van der Waals surface area contributed by atoms with E-state index < -0.39 is 0 Å². The van der Waals surface area contributed by atoms with Crippen LogP contribution in [0, 0.1) is 0 Å². The minimum Gasteiger partial charge on any atom is -0.444 e. The molecule has 5 nitrogen and oxygen atoms in total. The van der Waals surface area contributed by atoms with Crippen molar-refractivity contribution < 1.29 is 4.42 Å². The van der Waals surface area contributed by atoms with Gasteiger partial charge in [-0.2, -0.15) is 0 Å². The van der Waals surface area contributed by atoms with Crippen LogP contribution in [0.3, 0.4) is 0 Å².